The quantitative estimate of drug-likeness (QED) is 0.745. The molecule has 96 valence electrons. The zero-order valence-corrected chi connectivity index (χ0v) is 10.7. The van der Waals surface area contributed by atoms with Crippen molar-refractivity contribution in [1.82, 2.24) is 5.32 Å². The highest BCUT2D eigenvalue weighted by atomic mass is 16.2. The summed E-state index contributed by atoms with van der Waals surface area (Å²) < 4.78 is 0. The van der Waals surface area contributed by atoms with Gasteiger partial charge in [0.2, 0.25) is 5.91 Å². The number of carbonyl (C=O) groups excluding carboxylic acids is 1. The van der Waals surface area contributed by atoms with Crippen LogP contribution in [0.5, 0.6) is 0 Å². The smallest absolute Gasteiger partial charge is 0.237 e. The van der Waals surface area contributed by atoms with Gasteiger partial charge in [0.15, 0.2) is 0 Å². The largest absolute Gasteiger partial charge is 0.351 e. The summed E-state index contributed by atoms with van der Waals surface area (Å²) >= 11 is 0. The minimum atomic E-state index is -0.528. The molecule has 2 unspecified atom stereocenters. The fraction of sp³-hybridized carbons (Fsp3) is 0.400. The lowest BCUT2D eigenvalue weighted by Crippen LogP contribution is -2.46. The summed E-state index contributed by atoms with van der Waals surface area (Å²) in [4.78, 5) is 11.9. The third-order valence-corrected chi connectivity index (χ3v) is 2.84. The molecule has 0 heterocycles. The zero-order valence-electron chi connectivity index (χ0n) is 10.7. The predicted octanol–water partition coefficient (Wildman–Crippen LogP) is 1.47. The normalized spacial score (nSPS) is 13.4. The monoisotopic (exact) mass is 244 g/mol. The van der Waals surface area contributed by atoms with E-state index < -0.39 is 6.04 Å². The van der Waals surface area contributed by atoms with Gasteiger partial charge in [0.25, 0.3) is 0 Å². The molecule has 1 aromatic carbocycles. The summed E-state index contributed by atoms with van der Waals surface area (Å²) in [6.45, 7) is 1.99. The van der Waals surface area contributed by atoms with Gasteiger partial charge in [-0.15, -0.1) is 12.3 Å². The van der Waals surface area contributed by atoms with Crippen molar-refractivity contribution in [2.75, 3.05) is 0 Å². The molecule has 0 aliphatic carbocycles. The molecule has 2 atom stereocenters. The lowest BCUT2D eigenvalue weighted by molar-refractivity contribution is -0.123. The van der Waals surface area contributed by atoms with Gasteiger partial charge < -0.3 is 11.1 Å². The molecule has 0 saturated heterocycles. The average molecular weight is 244 g/mol. The molecule has 0 aromatic heterocycles. The fourth-order valence-electron chi connectivity index (χ4n) is 1.71. The van der Waals surface area contributed by atoms with E-state index in [-0.39, 0.29) is 11.9 Å². The average Bonchev–Trinajstić information content (AvgIpc) is 2.39. The van der Waals surface area contributed by atoms with Crippen molar-refractivity contribution >= 4 is 5.91 Å². The molecule has 1 rings (SSSR count). The molecular weight excluding hydrogens is 224 g/mol. The first-order chi connectivity index (χ1) is 8.67. The van der Waals surface area contributed by atoms with E-state index in [4.69, 9.17) is 12.2 Å². The first-order valence-corrected chi connectivity index (χ1v) is 6.20. The summed E-state index contributed by atoms with van der Waals surface area (Å²) in [6, 6.07) is 9.23. The van der Waals surface area contributed by atoms with Crippen LogP contribution < -0.4 is 11.1 Å². The first kappa shape index (κ1) is 14.3. The van der Waals surface area contributed by atoms with E-state index in [2.05, 4.69) is 11.2 Å². The number of hydrogen-bond acceptors (Lipinski definition) is 2. The summed E-state index contributed by atoms with van der Waals surface area (Å²) in [5.74, 6) is 2.42. The number of nitrogens with two attached hydrogens (primary N) is 1. The maximum Gasteiger partial charge on any atom is 0.237 e. The summed E-state index contributed by atoms with van der Waals surface area (Å²) in [6.07, 6.45) is 7.14. The minimum Gasteiger partial charge on any atom is -0.351 e. The molecule has 0 saturated carbocycles. The van der Waals surface area contributed by atoms with E-state index in [0.717, 1.165) is 12.0 Å². The number of rotatable bonds is 6. The molecule has 0 aliphatic rings. The molecule has 3 heteroatoms. The van der Waals surface area contributed by atoms with Crippen LogP contribution in [-0.2, 0) is 11.2 Å². The third kappa shape index (κ3) is 4.60. The molecule has 0 spiro atoms. The Labute approximate surface area is 109 Å². The van der Waals surface area contributed by atoms with Crippen molar-refractivity contribution in [3.63, 3.8) is 0 Å². The van der Waals surface area contributed by atoms with Gasteiger partial charge >= 0.3 is 0 Å². The Kier molecular flexibility index (Phi) is 5.96. The van der Waals surface area contributed by atoms with Gasteiger partial charge in [-0.3, -0.25) is 4.79 Å². The van der Waals surface area contributed by atoms with E-state index in [1.165, 1.54) is 0 Å². The summed E-state index contributed by atoms with van der Waals surface area (Å²) in [5.41, 5.74) is 6.95. The van der Waals surface area contributed by atoms with Crippen molar-refractivity contribution in [3.8, 4) is 12.3 Å². The van der Waals surface area contributed by atoms with E-state index in [9.17, 15) is 4.79 Å². The lowest BCUT2D eigenvalue weighted by Gasteiger charge is -2.18. The van der Waals surface area contributed by atoms with E-state index in [1.807, 2.05) is 37.3 Å². The standard InChI is InChI=1S/C15H20N2O/c1-3-8-13(4-2)17-15(18)14(16)11-12-9-6-5-7-10-12/h1,5-7,9-10,13-14H,4,8,11,16H2,2H3,(H,17,18). The van der Waals surface area contributed by atoms with E-state index in [1.54, 1.807) is 0 Å². The number of terminal acetylenes is 1. The van der Waals surface area contributed by atoms with Crippen LogP contribution >= 0.6 is 0 Å². The number of benzene rings is 1. The first-order valence-electron chi connectivity index (χ1n) is 6.20. The summed E-state index contributed by atoms with van der Waals surface area (Å²) in [5, 5.41) is 2.88. The van der Waals surface area contributed by atoms with Crippen LogP contribution in [0.4, 0.5) is 0 Å². The lowest BCUT2D eigenvalue weighted by atomic mass is 10.1. The number of nitrogens with one attached hydrogen (secondary N) is 1. The minimum absolute atomic E-state index is 0.0179. The highest BCUT2D eigenvalue weighted by molar-refractivity contribution is 5.82. The Morgan fingerprint density at radius 2 is 2.11 bits per heavy atom. The Morgan fingerprint density at radius 1 is 1.44 bits per heavy atom. The molecule has 1 aromatic rings. The molecule has 0 fully saturated rings. The number of hydrogen-bond donors (Lipinski definition) is 2. The Hall–Kier alpha value is -1.79. The van der Waals surface area contributed by atoms with Crippen molar-refractivity contribution in [2.24, 2.45) is 5.73 Å². The molecular formula is C15H20N2O. The molecule has 3 nitrogen and oxygen atoms in total. The van der Waals surface area contributed by atoms with Gasteiger partial charge in [-0.2, -0.15) is 0 Å². The van der Waals surface area contributed by atoms with Gasteiger partial charge in [0.05, 0.1) is 6.04 Å². The number of carbonyl (C=O) groups is 1. The highest BCUT2D eigenvalue weighted by Crippen LogP contribution is 2.03. The molecule has 0 aliphatic heterocycles. The molecule has 0 radical (unpaired) electrons. The van der Waals surface area contributed by atoms with Crippen LogP contribution in [0.1, 0.15) is 25.3 Å². The Morgan fingerprint density at radius 3 is 2.67 bits per heavy atom. The second kappa shape index (κ2) is 7.52. The van der Waals surface area contributed by atoms with Crippen LogP contribution in [0.2, 0.25) is 0 Å². The predicted molar refractivity (Wildman–Crippen MR) is 73.8 cm³/mol. The van der Waals surface area contributed by atoms with Crippen molar-refractivity contribution in [1.29, 1.82) is 0 Å². The van der Waals surface area contributed by atoms with Crippen LogP contribution in [0.3, 0.4) is 0 Å². The highest BCUT2D eigenvalue weighted by Gasteiger charge is 2.16. The maximum absolute atomic E-state index is 11.9. The van der Waals surface area contributed by atoms with Gasteiger partial charge in [-0.25, -0.2) is 0 Å². The second-order valence-corrected chi connectivity index (χ2v) is 4.32. The molecule has 1 amide bonds. The van der Waals surface area contributed by atoms with Gasteiger partial charge in [0.1, 0.15) is 0 Å². The molecule has 0 bridgehead atoms. The number of amides is 1. The van der Waals surface area contributed by atoms with Crippen LogP contribution in [0, 0.1) is 12.3 Å². The van der Waals surface area contributed by atoms with Crippen molar-refractivity contribution in [2.45, 2.75) is 38.3 Å². The summed E-state index contributed by atoms with van der Waals surface area (Å²) in [7, 11) is 0. The van der Waals surface area contributed by atoms with Gasteiger partial charge in [-0.05, 0) is 18.4 Å². The maximum atomic E-state index is 11.9. The van der Waals surface area contributed by atoms with Crippen LogP contribution in [0.15, 0.2) is 30.3 Å². The molecule has 3 N–H and O–H groups in total. The second-order valence-electron chi connectivity index (χ2n) is 4.32. The van der Waals surface area contributed by atoms with E-state index >= 15 is 0 Å². The fourth-order valence-corrected chi connectivity index (χ4v) is 1.71. The van der Waals surface area contributed by atoms with Gasteiger partial charge in [-0.1, -0.05) is 37.3 Å². The van der Waals surface area contributed by atoms with Crippen LogP contribution in [-0.4, -0.2) is 18.0 Å². The van der Waals surface area contributed by atoms with Crippen molar-refractivity contribution in [3.05, 3.63) is 35.9 Å². The topological polar surface area (TPSA) is 55.1 Å². The van der Waals surface area contributed by atoms with E-state index in [0.29, 0.717) is 12.8 Å². The zero-order chi connectivity index (χ0) is 13.4. The Balaban J connectivity index is 2.49. The Bertz CT molecular complexity index is 408. The third-order valence-electron chi connectivity index (χ3n) is 2.84. The molecule has 18 heavy (non-hydrogen) atoms. The van der Waals surface area contributed by atoms with Gasteiger partial charge in [0, 0.05) is 12.5 Å². The SMILES string of the molecule is C#CCC(CC)NC(=O)C(N)Cc1ccccc1. The van der Waals surface area contributed by atoms with Crippen LogP contribution in [0.25, 0.3) is 0 Å². The van der Waals surface area contributed by atoms with Crippen molar-refractivity contribution < 1.29 is 4.79 Å².